The van der Waals surface area contributed by atoms with E-state index in [0.29, 0.717) is 31.5 Å². The molecular weight excluding hydrogens is 328 g/mol. The minimum Gasteiger partial charge on any atom is -0.488 e. The minimum absolute atomic E-state index is 0.112. The number of aliphatic imine (C=N–C) groups is 1. The first kappa shape index (κ1) is 18.5. The summed E-state index contributed by atoms with van der Waals surface area (Å²) < 4.78 is 5.92. The quantitative estimate of drug-likeness (QED) is 0.537. The maximum absolute atomic E-state index is 12.0. The standard InChI is InChI=1S/C20H30N4O2/c1-21-20(22-12-11-19(25)24-16-8-3-2-4-9-16)23-14-17-13-15-7-5-6-10-18(15)26-17/h5-7,10,16-17H,2-4,8-9,11-14H2,1H3,(H,24,25)(H2,21,22,23). The van der Waals surface area contributed by atoms with Crippen LogP contribution in [-0.2, 0) is 11.2 Å². The van der Waals surface area contributed by atoms with E-state index < -0.39 is 0 Å². The average molecular weight is 358 g/mol. The van der Waals surface area contributed by atoms with E-state index in [2.05, 4.69) is 27.0 Å². The summed E-state index contributed by atoms with van der Waals surface area (Å²) >= 11 is 0. The molecule has 1 amide bonds. The molecule has 1 aromatic rings. The number of rotatable bonds is 6. The summed E-state index contributed by atoms with van der Waals surface area (Å²) in [7, 11) is 1.74. The molecule has 1 aromatic carbocycles. The maximum atomic E-state index is 12.0. The van der Waals surface area contributed by atoms with Crippen LogP contribution in [0.4, 0.5) is 0 Å². The first-order valence-corrected chi connectivity index (χ1v) is 9.73. The van der Waals surface area contributed by atoms with E-state index in [9.17, 15) is 4.79 Å². The summed E-state index contributed by atoms with van der Waals surface area (Å²) in [6, 6.07) is 8.51. The highest BCUT2D eigenvalue weighted by molar-refractivity contribution is 5.81. The molecule has 6 heteroatoms. The Kier molecular flexibility index (Phi) is 6.75. The number of ether oxygens (including phenoxy) is 1. The van der Waals surface area contributed by atoms with E-state index in [1.165, 1.54) is 24.8 Å². The van der Waals surface area contributed by atoms with Crippen molar-refractivity contribution in [1.82, 2.24) is 16.0 Å². The monoisotopic (exact) mass is 358 g/mol. The molecule has 0 bridgehead atoms. The van der Waals surface area contributed by atoms with Gasteiger partial charge < -0.3 is 20.7 Å². The molecule has 1 heterocycles. The number of amides is 1. The lowest BCUT2D eigenvalue weighted by molar-refractivity contribution is -0.121. The number of fused-ring (bicyclic) bond motifs is 1. The van der Waals surface area contributed by atoms with E-state index in [1.807, 2.05) is 18.2 Å². The van der Waals surface area contributed by atoms with Gasteiger partial charge in [-0.1, -0.05) is 37.5 Å². The Hall–Kier alpha value is -2.24. The molecule has 1 unspecified atom stereocenters. The molecule has 6 nitrogen and oxygen atoms in total. The fraction of sp³-hybridized carbons (Fsp3) is 0.600. The van der Waals surface area contributed by atoms with Crippen molar-refractivity contribution >= 4 is 11.9 Å². The highest BCUT2D eigenvalue weighted by atomic mass is 16.5. The summed E-state index contributed by atoms with van der Waals surface area (Å²) in [5.41, 5.74) is 1.25. The summed E-state index contributed by atoms with van der Waals surface area (Å²) in [4.78, 5) is 16.3. The second-order valence-electron chi connectivity index (χ2n) is 7.08. The van der Waals surface area contributed by atoms with Crippen LogP contribution in [0.25, 0.3) is 0 Å². The predicted octanol–water partition coefficient (Wildman–Crippen LogP) is 1.99. The van der Waals surface area contributed by atoms with Crippen LogP contribution in [-0.4, -0.2) is 44.1 Å². The molecular formula is C20H30N4O2. The number of nitrogens with zero attached hydrogens (tertiary/aromatic N) is 1. The number of hydrogen-bond acceptors (Lipinski definition) is 3. The maximum Gasteiger partial charge on any atom is 0.221 e. The van der Waals surface area contributed by atoms with Crippen molar-refractivity contribution < 1.29 is 9.53 Å². The zero-order valence-electron chi connectivity index (χ0n) is 15.6. The van der Waals surface area contributed by atoms with Crippen LogP contribution in [0, 0.1) is 0 Å². The van der Waals surface area contributed by atoms with Gasteiger partial charge in [-0.25, -0.2) is 0 Å². The van der Waals surface area contributed by atoms with E-state index in [4.69, 9.17) is 4.74 Å². The molecule has 2 aliphatic rings. The molecule has 0 aromatic heterocycles. The minimum atomic E-state index is 0.112. The van der Waals surface area contributed by atoms with Crippen LogP contribution >= 0.6 is 0 Å². The Bertz CT molecular complexity index is 601. The number of hydrogen-bond donors (Lipinski definition) is 3. The molecule has 1 aliphatic heterocycles. The lowest BCUT2D eigenvalue weighted by atomic mass is 9.95. The molecule has 1 atom stereocenters. The molecule has 3 rings (SSSR count). The van der Waals surface area contributed by atoms with Crippen LogP contribution in [0.15, 0.2) is 29.3 Å². The second-order valence-corrected chi connectivity index (χ2v) is 7.08. The van der Waals surface area contributed by atoms with Gasteiger partial charge in [0.2, 0.25) is 5.91 Å². The van der Waals surface area contributed by atoms with Crippen LogP contribution in [0.1, 0.15) is 44.1 Å². The Morgan fingerprint density at radius 2 is 2.00 bits per heavy atom. The lowest BCUT2D eigenvalue weighted by Gasteiger charge is -2.22. The van der Waals surface area contributed by atoms with Crippen molar-refractivity contribution in [2.75, 3.05) is 20.1 Å². The van der Waals surface area contributed by atoms with Gasteiger partial charge in [0.15, 0.2) is 5.96 Å². The van der Waals surface area contributed by atoms with Crippen LogP contribution in [0.3, 0.4) is 0 Å². The molecule has 1 fully saturated rings. The van der Waals surface area contributed by atoms with Gasteiger partial charge in [0.1, 0.15) is 11.9 Å². The Morgan fingerprint density at radius 3 is 2.77 bits per heavy atom. The SMILES string of the molecule is CN=C(NCCC(=O)NC1CCCCC1)NCC1Cc2ccccc2O1. The molecule has 3 N–H and O–H groups in total. The van der Waals surface area contributed by atoms with E-state index in [-0.39, 0.29) is 12.0 Å². The first-order chi connectivity index (χ1) is 12.7. The highest BCUT2D eigenvalue weighted by Gasteiger charge is 2.22. The van der Waals surface area contributed by atoms with Gasteiger partial charge in [-0.2, -0.15) is 0 Å². The zero-order valence-corrected chi connectivity index (χ0v) is 15.6. The van der Waals surface area contributed by atoms with Crippen molar-refractivity contribution in [3.8, 4) is 5.75 Å². The van der Waals surface area contributed by atoms with Gasteiger partial charge in [-0.15, -0.1) is 0 Å². The number of guanidine groups is 1. The molecule has 0 radical (unpaired) electrons. The normalized spacial score (nSPS) is 20.2. The van der Waals surface area contributed by atoms with Crippen molar-refractivity contribution in [2.45, 2.75) is 57.1 Å². The fourth-order valence-corrected chi connectivity index (χ4v) is 3.64. The Labute approximate surface area is 155 Å². The predicted molar refractivity (Wildman–Crippen MR) is 104 cm³/mol. The van der Waals surface area contributed by atoms with Crippen molar-refractivity contribution in [1.29, 1.82) is 0 Å². The van der Waals surface area contributed by atoms with E-state index in [0.717, 1.165) is 25.0 Å². The third-order valence-electron chi connectivity index (χ3n) is 5.05. The molecule has 0 spiro atoms. The summed E-state index contributed by atoms with van der Waals surface area (Å²) in [5, 5.41) is 9.63. The Balaban J connectivity index is 1.32. The summed E-state index contributed by atoms with van der Waals surface area (Å²) in [6.45, 7) is 1.26. The van der Waals surface area contributed by atoms with Crippen molar-refractivity contribution in [3.63, 3.8) is 0 Å². The molecule has 142 valence electrons. The van der Waals surface area contributed by atoms with Crippen LogP contribution < -0.4 is 20.7 Å². The largest absolute Gasteiger partial charge is 0.488 e. The van der Waals surface area contributed by atoms with Gasteiger partial charge in [0.25, 0.3) is 0 Å². The smallest absolute Gasteiger partial charge is 0.221 e. The number of benzene rings is 1. The van der Waals surface area contributed by atoms with Crippen molar-refractivity contribution in [3.05, 3.63) is 29.8 Å². The second kappa shape index (κ2) is 9.46. The van der Waals surface area contributed by atoms with Crippen LogP contribution in [0.2, 0.25) is 0 Å². The summed E-state index contributed by atoms with van der Waals surface area (Å²) in [5.74, 6) is 1.80. The molecule has 0 saturated heterocycles. The van der Waals surface area contributed by atoms with Crippen LogP contribution in [0.5, 0.6) is 5.75 Å². The molecule has 26 heavy (non-hydrogen) atoms. The lowest BCUT2D eigenvalue weighted by Crippen LogP contribution is -2.44. The van der Waals surface area contributed by atoms with E-state index in [1.54, 1.807) is 7.05 Å². The fourth-order valence-electron chi connectivity index (χ4n) is 3.64. The third-order valence-corrected chi connectivity index (χ3v) is 5.05. The number of carbonyl (C=O) groups excluding carboxylic acids is 1. The topological polar surface area (TPSA) is 74.8 Å². The first-order valence-electron chi connectivity index (χ1n) is 9.73. The zero-order chi connectivity index (χ0) is 18.2. The van der Waals surface area contributed by atoms with Gasteiger partial charge in [-0.3, -0.25) is 9.79 Å². The van der Waals surface area contributed by atoms with E-state index >= 15 is 0 Å². The average Bonchev–Trinajstić information content (AvgIpc) is 3.08. The third kappa shape index (κ3) is 5.38. The van der Waals surface area contributed by atoms with Gasteiger partial charge in [0, 0.05) is 32.5 Å². The number of carbonyl (C=O) groups is 1. The molecule has 1 aliphatic carbocycles. The highest BCUT2D eigenvalue weighted by Crippen LogP contribution is 2.27. The van der Waals surface area contributed by atoms with Gasteiger partial charge in [0.05, 0.1) is 6.54 Å². The Morgan fingerprint density at radius 1 is 1.19 bits per heavy atom. The van der Waals surface area contributed by atoms with Gasteiger partial charge >= 0.3 is 0 Å². The molecule has 1 saturated carbocycles. The summed E-state index contributed by atoms with van der Waals surface area (Å²) in [6.07, 6.45) is 7.47. The van der Waals surface area contributed by atoms with Crippen molar-refractivity contribution in [2.24, 2.45) is 4.99 Å². The number of para-hydroxylation sites is 1. The number of nitrogens with one attached hydrogen (secondary N) is 3. The van der Waals surface area contributed by atoms with Gasteiger partial charge in [-0.05, 0) is 24.5 Å².